The average Bonchev–Trinajstić information content (AvgIpc) is 2.67. The quantitative estimate of drug-likeness (QED) is 0.271. The van der Waals surface area contributed by atoms with E-state index in [9.17, 15) is 4.79 Å². The van der Waals surface area contributed by atoms with Crippen LogP contribution in [-0.2, 0) is 17.8 Å². The third-order valence-electron chi connectivity index (χ3n) is 3.98. The third-order valence-corrected chi connectivity index (χ3v) is 4.35. The van der Waals surface area contributed by atoms with Gasteiger partial charge in [0.1, 0.15) is 5.75 Å². The first-order chi connectivity index (χ1) is 13.5. The molecule has 2 rings (SSSR count). The van der Waals surface area contributed by atoms with E-state index in [1.807, 2.05) is 49.4 Å². The SMILES string of the molecule is CCNC(=NCc1ccc(OC)c(NC(C)=O)c1)NCCc1ccccc1Cl.I. The van der Waals surface area contributed by atoms with Gasteiger partial charge in [-0.15, -0.1) is 24.0 Å². The molecule has 0 spiro atoms. The number of anilines is 1. The van der Waals surface area contributed by atoms with Crippen molar-refractivity contribution >= 4 is 53.1 Å². The maximum atomic E-state index is 11.4. The molecular formula is C21H28ClIN4O2. The van der Waals surface area contributed by atoms with Crippen LogP contribution in [0, 0.1) is 0 Å². The Morgan fingerprint density at radius 1 is 1.17 bits per heavy atom. The number of methoxy groups -OCH3 is 1. The highest BCUT2D eigenvalue weighted by atomic mass is 127. The summed E-state index contributed by atoms with van der Waals surface area (Å²) in [7, 11) is 1.57. The van der Waals surface area contributed by atoms with Crippen LogP contribution in [0.15, 0.2) is 47.5 Å². The monoisotopic (exact) mass is 530 g/mol. The number of ether oxygens (including phenoxy) is 1. The minimum atomic E-state index is -0.145. The van der Waals surface area contributed by atoms with Gasteiger partial charge in [0.15, 0.2) is 5.96 Å². The van der Waals surface area contributed by atoms with Crippen LogP contribution in [0.3, 0.4) is 0 Å². The molecule has 0 fully saturated rings. The molecule has 2 aromatic rings. The van der Waals surface area contributed by atoms with Crippen molar-refractivity contribution in [2.24, 2.45) is 4.99 Å². The van der Waals surface area contributed by atoms with Crippen LogP contribution in [0.1, 0.15) is 25.0 Å². The van der Waals surface area contributed by atoms with Gasteiger partial charge in [-0.25, -0.2) is 4.99 Å². The summed E-state index contributed by atoms with van der Waals surface area (Å²) >= 11 is 6.20. The molecule has 158 valence electrons. The van der Waals surface area contributed by atoms with Crippen molar-refractivity contribution in [2.45, 2.75) is 26.8 Å². The molecular weight excluding hydrogens is 503 g/mol. The lowest BCUT2D eigenvalue weighted by molar-refractivity contribution is -0.114. The van der Waals surface area contributed by atoms with Gasteiger partial charge >= 0.3 is 0 Å². The molecule has 0 radical (unpaired) electrons. The molecule has 0 bridgehead atoms. The zero-order valence-electron chi connectivity index (χ0n) is 16.9. The Morgan fingerprint density at radius 3 is 2.59 bits per heavy atom. The normalized spacial score (nSPS) is 10.7. The van der Waals surface area contributed by atoms with E-state index in [-0.39, 0.29) is 29.9 Å². The summed E-state index contributed by atoms with van der Waals surface area (Å²) in [5.41, 5.74) is 2.70. The molecule has 0 heterocycles. The van der Waals surface area contributed by atoms with Crippen LogP contribution in [0.25, 0.3) is 0 Å². The molecule has 8 heteroatoms. The molecule has 3 N–H and O–H groups in total. The van der Waals surface area contributed by atoms with Crippen LogP contribution in [0.5, 0.6) is 5.75 Å². The fourth-order valence-electron chi connectivity index (χ4n) is 2.67. The van der Waals surface area contributed by atoms with Gasteiger partial charge in [-0.3, -0.25) is 4.79 Å². The zero-order valence-corrected chi connectivity index (χ0v) is 20.0. The second-order valence-electron chi connectivity index (χ2n) is 6.18. The molecule has 0 aromatic heterocycles. The van der Waals surface area contributed by atoms with Crippen LogP contribution >= 0.6 is 35.6 Å². The molecule has 0 aliphatic rings. The van der Waals surface area contributed by atoms with Gasteiger partial charge < -0.3 is 20.7 Å². The summed E-state index contributed by atoms with van der Waals surface area (Å²) in [6, 6.07) is 13.5. The predicted octanol–water partition coefficient (Wildman–Crippen LogP) is 4.22. The summed E-state index contributed by atoms with van der Waals surface area (Å²) in [5.74, 6) is 1.20. The number of hydrogen-bond donors (Lipinski definition) is 3. The highest BCUT2D eigenvalue weighted by Crippen LogP contribution is 2.25. The fourth-order valence-corrected chi connectivity index (χ4v) is 2.90. The van der Waals surface area contributed by atoms with E-state index in [4.69, 9.17) is 16.3 Å². The van der Waals surface area contributed by atoms with E-state index in [0.29, 0.717) is 18.0 Å². The number of halogens is 2. The fraction of sp³-hybridized carbons (Fsp3) is 0.333. The van der Waals surface area contributed by atoms with E-state index in [0.717, 1.165) is 41.6 Å². The molecule has 0 atom stereocenters. The molecule has 29 heavy (non-hydrogen) atoms. The van der Waals surface area contributed by atoms with Crippen molar-refractivity contribution in [3.63, 3.8) is 0 Å². The Bertz CT molecular complexity index is 830. The minimum Gasteiger partial charge on any atom is -0.495 e. The van der Waals surface area contributed by atoms with Crippen LogP contribution in [0.4, 0.5) is 5.69 Å². The van der Waals surface area contributed by atoms with Crippen molar-refractivity contribution in [1.29, 1.82) is 0 Å². The van der Waals surface area contributed by atoms with E-state index in [2.05, 4.69) is 20.9 Å². The van der Waals surface area contributed by atoms with E-state index < -0.39 is 0 Å². The number of benzene rings is 2. The molecule has 0 aliphatic heterocycles. The summed E-state index contributed by atoms with van der Waals surface area (Å²) in [6.07, 6.45) is 0.805. The van der Waals surface area contributed by atoms with Gasteiger partial charge in [-0.1, -0.05) is 35.9 Å². The number of rotatable bonds is 8. The first-order valence-electron chi connectivity index (χ1n) is 9.23. The maximum Gasteiger partial charge on any atom is 0.221 e. The molecule has 6 nitrogen and oxygen atoms in total. The van der Waals surface area contributed by atoms with Gasteiger partial charge in [0.25, 0.3) is 0 Å². The lowest BCUT2D eigenvalue weighted by atomic mass is 10.1. The van der Waals surface area contributed by atoms with Gasteiger partial charge in [0.2, 0.25) is 5.91 Å². The number of nitrogens with zero attached hydrogens (tertiary/aromatic N) is 1. The van der Waals surface area contributed by atoms with Crippen LogP contribution < -0.4 is 20.7 Å². The van der Waals surface area contributed by atoms with Crippen LogP contribution in [-0.4, -0.2) is 32.1 Å². The van der Waals surface area contributed by atoms with Crippen molar-refractivity contribution in [2.75, 3.05) is 25.5 Å². The molecule has 0 saturated carbocycles. The number of carbonyl (C=O) groups is 1. The van der Waals surface area contributed by atoms with Gasteiger partial charge in [0, 0.05) is 25.0 Å². The second-order valence-corrected chi connectivity index (χ2v) is 6.59. The van der Waals surface area contributed by atoms with E-state index in [1.165, 1.54) is 6.92 Å². The van der Waals surface area contributed by atoms with Crippen molar-refractivity contribution < 1.29 is 9.53 Å². The topological polar surface area (TPSA) is 74.8 Å². The number of aliphatic imine (C=N–C) groups is 1. The molecule has 2 aromatic carbocycles. The molecule has 0 saturated heterocycles. The summed E-state index contributed by atoms with van der Waals surface area (Å²) in [5, 5.41) is 10.1. The molecule has 1 amide bonds. The Morgan fingerprint density at radius 2 is 1.93 bits per heavy atom. The lowest BCUT2D eigenvalue weighted by Gasteiger charge is -2.13. The predicted molar refractivity (Wildman–Crippen MR) is 131 cm³/mol. The number of carbonyl (C=O) groups excluding carboxylic acids is 1. The first-order valence-corrected chi connectivity index (χ1v) is 9.61. The lowest BCUT2D eigenvalue weighted by Crippen LogP contribution is -2.38. The van der Waals surface area contributed by atoms with E-state index in [1.54, 1.807) is 7.11 Å². The van der Waals surface area contributed by atoms with Crippen molar-refractivity contribution in [3.05, 3.63) is 58.6 Å². The minimum absolute atomic E-state index is 0. The Balaban J connectivity index is 0.00000420. The van der Waals surface area contributed by atoms with Gasteiger partial charge in [0.05, 0.1) is 19.3 Å². The van der Waals surface area contributed by atoms with Crippen molar-refractivity contribution in [3.8, 4) is 5.75 Å². The van der Waals surface area contributed by atoms with Crippen molar-refractivity contribution in [1.82, 2.24) is 10.6 Å². The Hall–Kier alpha value is -2.00. The Kier molecular flexibility index (Phi) is 11.5. The highest BCUT2D eigenvalue weighted by molar-refractivity contribution is 14.0. The van der Waals surface area contributed by atoms with E-state index >= 15 is 0 Å². The van der Waals surface area contributed by atoms with Crippen LogP contribution in [0.2, 0.25) is 5.02 Å². The second kappa shape index (κ2) is 13.3. The average molecular weight is 531 g/mol. The standard InChI is InChI=1S/C21H27ClN4O2.HI/c1-4-23-21(24-12-11-17-7-5-6-8-18(17)22)25-14-16-9-10-20(28-3)19(13-16)26-15(2)27;/h5-10,13H,4,11-12,14H2,1-3H3,(H,26,27)(H2,23,24,25);1H. The Labute approximate surface area is 194 Å². The number of nitrogens with one attached hydrogen (secondary N) is 3. The molecule has 0 unspecified atom stereocenters. The molecule has 0 aliphatic carbocycles. The highest BCUT2D eigenvalue weighted by Gasteiger charge is 2.06. The summed E-state index contributed by atoms with van der Waals surface area (Å²) in [4.78, 5) is 16.0. The zero-order chi connectivity index (χ0) is 20.4. The largest absolute Gasteiger partial charge is 0.495 e. The maximum absolute atomic E-state index is 11.4. The number of guanidine groups is 1. The first kappa shape index (κ1) is 25.0. The number of hydrogen-bond acceptors (Lipinski definition) is 3. The summed E-state index contributed by atoms with van der Waals surface area (Å²) < 4.78 is 5.28. The smallest absolute Gasteiger partial charge is 0.221 e. The van der Waals surface area contributed by atoms with Gasteiger partial charge in [-0.2, -0.15) is 0 Å². The van der Waals surface area contributed by atoms with Gasteiger partial charge in [-0.05, 0) is 42.7 Å². The third kappa shape index (κ3) is 8.49. The summed E-state index contributed by atoms with van der Waals surface area (Å²) in [6.45, 7) is 5.44. The number of amides is 1.